The molecule has 0 aliphatic carbocycles. The third-order valence-corrected chi connectivity index (χ3v) is 9.50. The van der Waals surface area contributed by atoms with Crippen LogP contribution in [0.15, 0.2) is 91.0 Å². The highest BCUT2D eigenvalue weighted by atomic mass is 15.1. The number of fused-ring (bicyclic) bond motifs is 4. The van der Waals surface area contributed by atoms with Gasteiger partial charge in [0, 0.05) is 5.69 Å². The Morgan fingerprint density at radius 2 is 0.917 bits per heavy atom. The van der Waals surface area contributed by atoms with Crippen molar-refractivity contribution in [3.05, 3.63) is 96.8 Å². The zero-order valence-corrected chi connectivity index (χ0v) is 26.2. The van der Waals surface area contributed by atoms with Crippen LogP contribution in [0.25, 0.3) is 71.3 Å². The summed E-state index contributed by atoms with van der Waals surface area (Å²) in [4.78, 5) is 4.74. The molecule has 0 saturated heterocycles. The maximum Gasteiger partial charge on any atom is 0.113 e. The van der Waals surface area contributed by atoms with Crippen LogP contribution >= 0.6 is 0 Å². The zero-order valence-electron chi connectivity index (χ0n) is 26.2. The number of imidazole rings is 1. The third kappa shape index (κ3) is 4.34. The Kier molecular flexibility index (Phi) is 7.14. The summed E-state index contributed by atoms with van der Waals surface area (Å²) >= 11 is 0. The lowest BCUT2D eigenvalue weighted by molar-refractivity contribution is 1.00. The molecule has 48 heavy (non-hydrogen) atoms. The number of rotatable bonds is 3. The van der Waals surface area contributed by atoms with Gasteiger partial charge in [-0.15, -0.1) is 21.9 Å². The highest BCUT2D eigenvalue weighted by Gasteiger charge is 2.24. The second kappa shape index (κ2) is 11.2. The average Bonchev–Trinajstić information content (AvgIpc) is 3.45. The maximum absolute atomic E-state index is 6.90. The van der Waals surface area contributed by atoms with Gasteiger partial charge in [-0.2, -0.15) is 0 Å². The number of hydrogen-bond donors (Lipinski definition) is 0. The Balaban J connectivity index is 1.54. The first-order valence-electron chi connectivity index (χ1n) is 15.4. The summed E-state index contributed by atoms with van der Waals surface area (Å²) in [5.74, 6) is 0.861. The van der Waals surface area contributed by atoms with Crippen molar-refractivity contribution in [2.45, 2.75) is 6.92 Å². The van der Waals surface area contributed by atoms with Gasteiger partial charge in [0.05, 0.1) is 11.0 Å². The predicted molar refractivity (Wildman–Crippen MR) is 212 cm³/mol. The molecule has 0 fully saturated rings. The van der Waals surface area contributed by atoms with Gasteiger partial charge >= 0.3 is 0 Å². The van der Waals surface area contributed by atoms with E-state index in [-0.39, 0.29) is 43.7 Å². The lowest BCUT2D eigenvalue weighted by Gasteiger charge is -2.28. The van der Waals surface area contributed by atoms with Gasteiger partial charge in [-0.3, -0.25) is 4.57 Å². The molecule has 8 rings (SSSR count). The second-order valence-corrected chi connectivity index (χ2v) is 12.2. The van der Waals surface area contributed by atoms with E-state index >= 15 is 0 Å². The van der Waals surface area contributed by atoms with Gasteiger partial charge in [0.25, 0.3) is 0 Å². The van der Waals surface area contributed by atoms with E-state index in [1.807, 2.05) is 91.9 Å². The third-order valence-electron chi connectivity index (χ3n) is 9.50. The number of benzene rings is 7. The molecule has 0 saturated carbocycles. The molecule has 16 radical (unpaired) electrons. The largest absolute Gasteiger partial charge is 0.297 e. The fourth-order valence-corrected chi connectivity index (χ4v) is 7.12. The SMILES string of the molecule is [B]c1c([B])c([B])c2c(-c3ccc4ccccc4c3)c3c([B])c([B])c([B])c([B])c3c(-c3ccc(-n4c(C)nc5ccccc54)cc3)c2c1[B]. The van der Waals surface area contributed by atoms with Gasteiger partial charge in [-0.25, -0.2) is 4.98 Å². The minimum absolute atomic E-state index is 0.178. The summed E-state index contributed by atoms with van der Waals surface area (Å²) in [7, 11) is 53.7. The molecule has 1 aromatic heterocycles. The lowest BCUT2D eigenvalue weighted by Crippen LogP contribution is -2.50. The van der Waals surface area contributed by atoms with Crippen molar-refractivity contribution < 1.29 is 0 Å². The summed E-state index contributed by atoms with van der Waals surface area (Å²) in [5.41, 5.74) is 7.58. The Hall–Kier alpha value is -4.69. The number of aryl methyl sites for hydroxylation is 1. The van der Waals surface area contributed by atoms with Crippen LogP contribution in [0.3, 0.4) is 0 Å². The molecule has 0 amide bonds. The topological polar surface area (TPSA) is 17.8 Å². The molecule has 8 aromatic rings. The van der Waals surface area contributed by atoms with E-state index in [1.165, 1.54) is 0 Å². The fraction of sp³-hybridized carbons (Fsp3) is 0.0263. The van der Waals surface area contributed by atoms with E-state index in [1.54, 1.807) is 0 Å². The van der Waals surface area contributed by atoms with Crippen LogP contribution in [-0.4, -0.2) is 72.3 Å². The Morgan fingerprint density at radius 1 is 0.458 bits per heavy atom. The Labute approximate surface area is 290 Å². The van der Waals surface area contributed by atoms with Gasteiger partial charge < -0.3 is 0 Å². The van der Waals surface area contributed by atoms with Gasteiger partial charge in [0.1, 0.15) is 68.6 Å². The number of aromatic nitrogens is 2. The van der Waals surface area contributed by atoms with Crippen molar-refractivity contribution in [3.8, 4) is 27.9 Å². The standard InChI is InChI=1S/C38H18B8N2/c1-17-47-23-8-4-5-9-24(23)48(17)22-14-12-19(13-15-22)25-27-29(33(41)37(45)35(43)31(27)39)26(21-11-10-18-6-2-3-7-20(18)16-21)30-28(25)32(40)36(44)38(46)34(30)42/h2-16H,1H3. The van der Waals surface area contributed by atoms with Crippen molar-refractivity contribution in [1.82, 2.24) is 9.55 Å². The maximum atomic E-state index is 6.90. The predicted octanol–water partition coefficient (Wildman–Crippen LogP) is 0.478. The van der Waals surface area contributed by atoms with Gasteiger partial charge in [-0.1, -0.05) is 82.5 Å². The van der Waals surface area contributed by atoms with Crippen molar-refractivity contribution in [2.75, 3.05) is 0 Å². The first-order chi connectivity index (χ1) is 23.1. The molecule has 0 bridgehead atoms. The Bertz CT molecular complexity index is 2580. The molecule has 0 aliphatic heterocycles. The van der Waals surface area contributed by atoms with Crippen LogP contribution < -0.4 is 43.7 Å². The highest BCUT2D eigenvalue weighted by molar-refractivity contribution is 6.71. The smallest absolute Gasteiger partial charge is 0.113 e. The first-order valence-corrected chi connectivity index (χ1v) is 15.4. The molecule has 204 valence electrons. The summed E-state index contributed by atoms with van der Waals surface area (Å²) in [6.07, 6.45) is 0. The van der Waals surface area contributed by atoms with Crippen molar-refractivity contribution in [2.24, 2.45) is 0 Å². The normalized spacial score (nSPS) is 11.7. The van der Waals surface area contributed by atoms with Crippen molar-refractivity contribution >= 4 is 150 Å². The highest BCUT2D eigenvalue weighted by Crippen LogP contribution is 2.41. The number of hydrogen-bond acceptors (Lipinski definition) is 1. The molecule has 2 nitrogen and oxygen atoms in total. The molecule has 0 spiro atoms. The molecule has 0 N–H and O–H groups in total. The van der Waals surface area contributed by atoms with E-state index in [9.17, 15) is 0 Å². The van der Waals surface area contributed by atoms with E-state index in [4.69, 9.17) is 67.8 Å². The summed E-state index contributed by atoms with van der Waals surface area (Å²) in [6, 6.07) is 30.2. The zero-order chi connectivity index (χ0) is 33.6. The van der Waals surface area contributed by atoms with Gasteiger partial charge in [0.15, 0.2) is 0 Å². The molecule has 1 heterocycles. The Morgan fingerprint density at radius 3 is 1.48 bits per heavy atom. The minimum atomic E-state index is 0.178. The molecular formula is C38H18B8N2. The van der Waals surface area contributed by atoms with Crippen LogP contribution in [0.2, 0.25) is 0 Å². The van der Waals surface area contributed by atoms with E-state index in [0.29, 0.717) is 32.7 Å². The molecule has 0 aliphatic rings. The van der Waals surface area contributed by atoms with Gasteiger partial charge in [-0.05, 0) is 91.8 Å². The van der Waals surface area contributed by atoms with Crippen molar-refractivity contribution in [1.29, 1.82) is 0 Å². The monoisotopic (exact) mass is 590 g/mol. The second-order valence-electron chi connectivity index (χ2n) is 12.2. The molecule has 0 atom stereocenters. The van der Waals surface area contributed by atoms with Crippen LogP contribution in [-0.2, 0) is 0 Å². The van der Waals surface area contributed by atoms with E-state index in [0.717, 1.165) is 44.4 Å². The number of nitrogens with zero attached hydrogens (tertiary/aromatic N) is 2. The first kappa shape index (κ1) is 30.6. The molecule has 10 heteroatoms. The summed E-state index contributed by atoms with van der Waals surface area (Å²) < 4.78 is 2.11. The number of para-hydroxylation sites is 2. The minimum Gasteiger partial charge on any atom is -0.297 e. The molecule has 7 aromatic carbocycles. The van der Waals surface area contributed by atoms with Crippen molar-refractivity contribution in [3.63, 3.8) is 0 Å². The summed E-state index contributed by atoms with van der Waals surface area (Å²) in [5, 5.41) is 4.44. The average molecular weight is 589 g/mol. The van der Waals surface area contributed by atoms with Crippen LogP contribution in [0.5, 0.6) is 0 Å². The van der Waals surface area contributed by atoms with Gasteiger partial charge in [0.2, 0.25) is 0 Å². The van der Waals surface area contributed by atoms with Crippen LogP contribution in [0.4, 0.5) is 0 Å². The molecular weight excluding hydrogens is 571 g/mol. The van der Waals surface area contributed by atoms with Crippen LogP contribution in [0, 0.1) is 6.92 Å². The van der Waals surface area contributed by atoms with E-state index in [2.05, 4.69) is 10.6 Å². The quantitative estimate of drug-likeness (QED) is 0.217. The molecule has 0 unspecified atom stereocenters. The summed E-state index contributed by atoms with van der Waals surface area (Å²) in [6.45, 7) is 1.98. The fourth-order valence-electron chi connectivity index (χ4n) is 7.12. The van der Waals surface area contributed by atoms with E-state index < -0.39 is 0 Å². The van der Waals surface area contributed by atoms with Crippen LogP contribution in [0.1, 0.15) is 5.82 Å². The lowest BCUT2D eigenvalue weighted by atomic mass is 9.59.